The maximum atomic E-state index is 13.3. The van der Waals surface area contributed by atoms with Crippen LogP contribution in [0.4, 0.5) is 4.39 Å². The Bertz CT molecular complexity index is 629. The molecule has 20 heavy (non-hydrogen) atoms. The van der Waals surface area contributed by atoms with Crippen molar-refractivity contribution >= 4 is 0 Å². The molecule has 0 saturated carbocycles. The van der Waals surface area contributed by atoms with Crippen LogP contribution in [0.15, 0.2) is 36.4 Å². The minimum Gasteiger partial charge on any atom is -0.385 e. The lowest BCUT2D eigenvalue weighted by Gasteiger charge is -2.27. The molecule has 1 nitrogen and oxygen atoms in total. The average molecular weight is 272 g/mol. The smallest absolute Gasteiger partial charge is 0.123 e. The topological polar surface area (TPSA) is 20.2 Å². The summed E-state index contributed by atoms with van der Waals surface area (Å²) >= 11 is 0. The van der Waals surface area contributed by atoms with Crippen LogP contribution in [0.5, 0.6) is 0 Å². The third kappa shape index (κ3) is 3.07. The van der Waals surface area contributed by atoms with Gasteiger partial charge in [0.15, 0.2) is 0 Å². The number of aliphatic hydroxyl groups is 1. The summed E-state index contributed by atoms with van der Waals surface area (Å²) in [6, 6.07) is 10.5. The maximum Gasteiger partial charge on any atom is 0.123 e. The maximum absolute atomic E-state index is 13.3. The molecule has 0 spiro atoms. The lowest BCUT2D eigenvalue weighted by Crippen LogP contribution is -2.25. The molecule has 2 heteroatoms. The molecule has 0 heterocycles. The Morgan fingerprint density at radius 3 is 2.30 bits per heavy atom. The molecule has 106 valence electrons. The van der Waals surface area contributed by atoms with Crippen molar-refractivity contribution in [1.82, 2.24) is 0 Å². The van der Waals surface area contributed by atoms with Gasteiger partial charge in [-0.15, -0.1) is 0 Å². The van der Waals surface area contributed by atoms with Crippen molar-refractivity contribution in [3.63, 3.8) is 0 Å². The third-order valence-corrected chi connectivity index (χ3v) is 3.86. The molecular weight excluding hydrogens is 251 g/mol. The first-order chi connectivity index (χ1) is 9.29. The second-order valence-electron chi connectivity index (χ2n) is 5.83. The van der Waals surface area contributed by atoms with Crippen LogP contribution in [-0.4, -0.2) is 5.11 Å². The quantitative estimate of drug-likeness (QED) is 0.887. The SMILES string of the molecule is Cc1cc(C)c(C(C)(O)Cc2cccc(F)c2)cc1C. The minimum atomic E-state index is -1.00. The van der Waals surface area contributed by atoms with Gasteiger partial charge in [0.05, 0.1) is 5.60 Å². The van der Waals surface area contributed by atoms with E-state index in [1.54, 1.807) is 13.0 Å². The van der Waals surface area contributed by atoms with Gasteiger partial charge >= 0.3 is 0 Å². The molecule has 0 fully saturated rings. The van der Waals surface area contributed by atoms with E-state index >= 15 is 0 Å². The van der Waals surface area contributed by atoms with Gasteiger partial charge in [-0.1, -0.05) is 24.3 Å². The van der Waals surface area contributed by atoms with Crippen molar-refractivity contribution in [2.24, 2.45) is 0 Å². The highest BCUT2D eigenvalue weighted by Crippen LogP contribution is 2.30. The molecular formula is C18H21FO. The number of aryl methyl sites for hydroxylation is 3. The Balaban J connectivity index is 2.37. The molecule has 1 atom stereocenters. The summed E-state index contributed by atoms with van der Waals surface area (Å²) in [5.41, 5.74) is 4.14. The van der Waals surface area contributed by atoms with Crippen LogP contribution in [0.1, 0.15) is 34.7 Å². The summed E-state index contributed by atoms with van der Waals surface area (Å²) in [4.78, 5) is 0. The normalized spacial score (nSPS) is 14.1. The number of halogens is 1. The zero-order valence-corrected chi connectivity index (χ0v) is 12.5. The molecule has 0 radical (unpaired) electrons. The molecule has 0 amide bonds. The summed E-state index contributed by atoms with van der Waals surface area (Å²) in [6.07, 6.45) is 0.397. The van der Waals surface area contributed by atoms with Crippen molar-refractivity contribution in [3.8, 4) is 0 Å². The molecule has 0 aliphatic carbocycles. The van der Waals surface area contributed by atoms with Crippen molar-refractivity contribution in [2.45, 2.75) is 39.7 Å². The Morgan fingerprint density at radius 1 is 1.00 bits per heavy atom. The van der Waals surface area contributed by atoms with E-state index in [1.807, 2.05) is 26.0 Å². The zero-order valence-electron chi connectivity index (χ0n) is 12.5. The van der Waals surface area contributed by atoms with E-state index in [4.69, 9.17) is 0 Å². The van der Waals surface area contributed by atoms with E-state index in [2.05, 4.69) is 13.0 Å². The van der Waals surface area contributed by atoms with Gasteiger partial charge in [-0.3, -0.25) is 0 Å². The van der Waals surface area contributed by atoms with Gasteiger partial charge in [0.1, 0.15) is 5.82 Å². The molecule has 0 bridgehead atoms. The molecule has 2 aromatic rings. The van der Waals surface area contributed by atoms with Crippen LogP contribution >= 0.6 is 0 Å². The Hall–Kier alpha value is -1.67. The summed E-state index contributed by atoms with van der Waals surface area (Å²) in [5.74, 6) is -0.268. The van der Waals surface area contributed by atoms with Crippen LogP contribution in [0.25, 0.3) is 0 Å². The summed E-state index contributed by atoms with van der Waals surface area (Å²) in [6.45, 7) is 7.89. The van der Waals surface area contributed by atoms with E-state index in [-0.39, 0.29) is 5.82 Å². The van der Waals surface area contributed by atoms with Gasteiger partial charge in [-0.2, -0.15) is 0 Å². The monoisotopic (exact) mass is 272 g/mol. The van der Waals surface area contributed by atoms with Gasteiger partial charge in [-0.25, -0.2) is 4.39 Å². The fourth-order valence-electron chi connectivity index (χ4n) is 2.68. The first kappa shape index (κ1) is 14.7. The van der Waals surface area contributed by atoms with E-state index in [0.29, 0.717) is 6.42 Å². The molecule has 1 unspecified atom stereocenters. The Kier molecular flexibility index (Phi) is 3.96. The largest absolute Gasteiger partial charge is 0.385 e. The second kappa shape index (κ2) is 5.37. The lowest BCUT2D eigenvalue weighted by atomic mass is 9.84. The second-order valence-corrected chi connectivity index (χ2v) is 5.83. The lowest BCUT2D eigenvalue weighted by molar-refractivity contribution is 0.0568. The highest BCUT2D eigenvalue weighted by molar-refractivity contribution is 5.40. The summed E-state index contributed by atoms with van der Waals surface area (Å²) < 4.78 is 13.3. The molecule has 0 aliphatic rings. The van der Waals surface area contributed by atoms with Gasteiger partial charge in [0.2, 0.25) is 0 Å². The van der Waals surface area contributed by atoms with E-state index in [9.17, 15) is 9.50 Å². The summed E-state index contributed by atoms with van der Waals surface area (Å²) in [7, 11) is 0. The van der Waals surface area contributed by atoms with E-state index in [0.717, 1.165) is 22.3 Å². The first-order valence-electron chi connectivity index (χ1n) is 6.85. The van der Waals surface area contributed by atoms with Crippen LogP contribution < -0.4 is 0 Å². The zero-order chi connectivity index (χ0) is 14.9. The van der Waals surface area contributed by atoms with Gasteiger partial charge in [0, 0.05) is 6.42 Å². The minimum absolute atomic E-state index is 0.268. The van der Waals surface area contributed by atoms with Gasteiger partial charge in [0.25, 0.3) is 0 Å². The summed E-state index contributed by atoms with van der Waals surface area (Å²) in [5, 5.41) is 10.8. The van der Waals surface area contributed by atoms with Crippen LogP contribution in [0, 0.1) is 26.6 Å². The third-order valence-electron chi connectivity index (χ3n) is 3.86. The predicted octanol–water partition coefficient (Wildman–Crippen LogP) is 4.20. The first-order valence-corrected chi connectivity index (χ1v) is 6.85. The van der Waals surface area contributed by atoms with Crippen molar-refractivity contribution < 1.29 is 9.50 Å². The number of benzene rings is 2. The van der Waals surface area contributed by atoms with Crippen molar-refractivity contribution in [2.75, 3.05) is 0 Å². The highest BCUT2D eigenvalue weighted by atomic mass is 19.1. The molecule has 0 aromatic heterocycles. The van der Waals surface area contributed by atoms with Crippen LogP contribution in [0.3, 0.4) is 0 Å². The van der Waals surface area contributed by atoms with Gasteiger partial charge < -0.3 is 5.11 Å². The van der Waals surface area contributed by atoms with Gasteiger partial charge in [-0.05, 0) is 67.6 Å². The fourth-order valence-corrected chi connectivity index (χ4v) is 2.68. The molecule has 0 aliphatic heterocycles. The number of hydrogen-bond donors (Lipinski definition) is 1. The standard InChI is InChI=1S/C18H21FO/c1-12-8-14(3)17(9-13(12)2)18(4,20)11-15-6-5-7-16(19)10-15/h5-10,20H,11H2,1-4H3. The van der Waals surface area contributed by atoms with Crippen LogP contribution in [0.2, 0.25) is 0 Å². The van der Waals surface area contributed by atoms with Crippen molar-refractivity contribution in [3.05, 3.63) is 70.0 Å². The molecule has 2 aromatic carbocycles. The predicted molar refractivity (Wildman–Crippen MR) is 80.3 cm³/mol. The number of hydrogen-bond acceptors (Lipinski definition) is 1. The average Bonchev–Trinajstić information content (AvgIpc) is 2.33. The number of rotatable bonds is 3. The Morgan fingerprint density at radius 2 is 1.65 bits per heavy atom. The highest BCUT2D eigenvalue weighted by Gasteiger charge is 2.26. The Labute approximate surface area is 120 Å². The van der Waals surface area contributed by atoms with Crippen LogP contribution in [-0.2, 0) is 12.0 Å². The molecule has 0 saturated heterocycles. The van der Waals surface area contributed by atoms with Crippen molar-refractivity contribution in [1.29, 1.82) is 0 Å². The van der Waals surface area contributed by atoms with E-state index < -0.39 is 5.60 Å². The molecule has 1 N–H and O–H groups in total. The van der Waals surface area contributed by atoms with E-state index in [1.165, 1.54) is 17.7 Å². The fraction of sp³-hybridized carbons (Fsp3) is 0.333. The molecule has 2 rings (SSSR count).